The van der Waals surface area contributed by atoms with E-state index in [4.69, 9.17) is 30.9 Å². The third kappa shape index (κ3) is 7.28. The van der Waals surface area contributed by atoms with Crippen LogP contribution >= 0.6 is 11.6 Å². The maximum Gasteiger partial charge on any atom is 0.227 e. The van der Waals surface area contributed by atoms with E-state index in [1.807, 2.05) is 61.0 Å². The molecular formula is C25H32ClN3O4. The van der Waals surface area contributed by atoms with Crippen molar-refractivity contribution in [3.8, 4) is 17.3 Å². The fourth-order valence-electron chi connectivity index (χ4n) is 3.47. The minimum absolute atomic E-state index is 0.288. The van der Waals surface area contributed by atoms with Gasteiger partial charge in [0.05, 0.1) is 36.3 Å². The van der Waals surface area contributed by atoms with Crippen molar-refractivity contribution in [3.63, 3.8) is 0 Å². The van der Waals surface area contributed by atoms with Gasteiger partial charge in [-0.3, -0.25) is 4.90 Å². The predicted octanol–water partition coefficient (Wildman–Crippen LogP) is 4.47. The van der Waals surface area contributed by atoms with Crippen molar-refractivity contribution in [2.75, 3.05) is 40.0 Å². The van der Waals surface area contributed by atoms with Crippen LogP contribution in [0.1, 0.15) is 18.2 Å². The molecule has 0 aliphatic heterocycles. The lowest BCUT2D eigenvalue weighted by Gasteiger charge is -2.25. The van der Waals surface area contributed by atoms with Crippen LogP contribution in [0.4, 0.5) is 0 Å². The maximum absolute atomic E-state index is 10.4. The molecule has 0 saturated carbocycles. The molecule has 33 heavy (non-hydrogen) atoms. The van der Waals surface area contributed by atoms with E-state index in [-0.39, 0.29) is 6.61 Å². The molecule has 0 bridgehead atoms. The molecular weight excluding hydrogens is 442 g/mol. The first-order chi connectivity index (χ1) is 16.0. The molecule has 0 spiro atoms. The van der Waals surface area contributed by atoms with Crippen LogP contribution in [0.25, 0.3) is 5.69 Å². The molecule has 0 aliphatic carbocycles. The summed E-state index contributed by atoms with van der Waals surface area (Å²) in [5, 5.41) is 15.9. The zero-order valence-corrected chi connectivity index (χ0v) is 20.2. The van der Waals surface area contributed by atoms with Crippen molar-refractivity contribution in [2.45, 2.75) is 26.5 Å². The molecule has 1 heterocycles. The second kappa shape index (κ2) is 12.7. The second-order valence-corrected chi connectivity index (χ2v) is 8.15. The number of rotatable bonds is 13. The van der Waals surface area contributed by atoms with Gasteiger partial charge >= 0.3 is 0 Å². The van der Waals surface area contributed by atoms with Crippen molar-refractivity contribution in [1.82, 2.24) is 14.7 Å². The molecule has 8 heteroatoms. The summed E-state index contributed by atoms with van der Waals surface area (Å²) >= 11 is 6.05. The third-order valence-corrected chi connectivity index (χ3v) is 5.39. The lowest BCUT2D eigenvalue weighted by molar-refractivity contribution is 0.0147. The summed E-state index contributed by atoms with van der Waals surface area (Å²) in [4.78, 5) is 2.13. The van der Waals surface area contributed by atoms with E-state index in [9.17, 15) is 5.11 Å². The van der Waals surface area contributed by atoms with E-state index in [0.717, 1.165) is 16.9 Å². The van der Waals surface area contributed by atoms with E-state index >= 15 is 0 Å². The van der Waals surface area contributed by atoms with Gasteiger partial charge in [-0.2, -0.15) is 5.10 Å². The predicted molar refractivity (Wildman–Crippen MR) is 129 cm³/mol. The molecule has 1 unspecified atom stereocenters. The zero-order valence-electron chi connectivity index (χ0n) is 19.4. The molecule has 3 rings (SSSR count). The van der Waals surface area contributed by atoms with Gasteiger partial charge < -0.3 is 19.3 Å². The number of hydrogen-bond acceptors (Lipinski definition) is 6. The van der Waals surface area contributed by atoms with Gasteiger partial charge in [0.25, 0.3) is 0 Å². The Morgan fingerprint density at radius 2 is 1.85 bits per heavy atom. The monoisotopic (exact) mass is 473 g/mol. The van der Waals surface area contributed by atoms with Crippen molar-refractivity contribution in [3.05, 3.63) is 70.9 Å². The fourth-order valence-corrected chi connectivity index (χ4v) is 3.59. The molecule has 1 N–H and O–H groups in total. The first-order valence-electron chi connectivity index (χ1n) is 11.1. The van der Waals surface area contributed by atoms with E-state index in [0.29, 0.717) is 49.5 Å². The SMILES string of the molecule is CCOCC(O)CN(CCOC)Cc1c(C)nn(-c2ccccc2)c1Oc1ccc(Cl)cc1. The summed E-state index contributed by atoms with van der Waals surface area (Å²) in [5.74, 6) is 1.29. The van der Waals surface area contributed by atoms with Gasteiger partial charge in [0.15, 0.2) is 0 Å². The number of aryl methyl sites for hydroxylation is 1. The third-order valence-electron chi connectivity index (χ3n) is 5.14. The Bertz CT molecular complexity index is 979. The van der Waals surface area contributed by atoms with Crippen LogP contribution in [0, 0.1) is 6.92 Å². The second-order valence-electron chi connectivity index (χ2n) is 7.71. The summed E-state index contributed by atoms with van der Waals surface area (Å²) in [6.07, 6.45) is -0.605. The van der Waals surface area contributed by atoms with Gasteiger partial charge in [-0.15, -0.1) is 0 Å². The van der Waals surface area contributed by atoms with E-state index in [2.05, 4.69) is 4.90 Å². The van der Waals surface area contributed by atoms with E-state index < -0.39 is 6.10 Å². The van der Waals surface area contributed by atoms with Crippen molar-refractivity contribution in [1.29, 1.82) is 0 Å². The molecule has 0 radical (unpaired) electrons. The smallest absolute Gasteiger partial charge is 0.227 e. The molecule has 1 atom stereocenters. The molecule has 0 aliphatic rings. The average molecular weight is 474 g/mol. The first kappa shape index (κ1) is 25.2. The largest absolute Gasteiger partial charge is 0.439 e. The number of aromatic nitrogens is 2. The van der Waals surface area contributed by atoms with Gasteiger partial charge in [-0.1, -0.05) is 29.8 Å². The summed E-state index contributed by atoms with van der Waals surface area (Å²) in [7, 11) is 1.67. The highest BCUT2D eigenvalue weighted by molar-refractivity contribution is 6.30. The summed E-state index contributed by atoms with van der Waals surface area (Å²) in [5.41, 5.74) is 2.69. The molecule has 3 aromatic rings. The van der Waals surface area contributed by atoms with E-state index in [1.165, 1.54) is 0 Å². The van der Waals surface area contributed by atoms with Crippen LogP contribution in [0.15, 0.2) is 54.6 Å². The summed E-state index contributed by atoms with van der Waals surface area (Å²) in [6.45, 7) is 6.91. The van der Waals surface area contributed by atoms with Gasteiger partial charge in [0.1, 0.15) is 5.75 Å². The molecule has 0 amide bonds. The number of ether oxygens (including phenoxy) is 3. The number of halogens is 1. The van der Waals surface area contributed by atoms with Gasteiger partial charge in [0, 0.05) is 38.4 Å². The van der Waals surface area contributed by atoms with Crippen LogP contribution in [-0.2, 0) is 16.0 Å². The number of hydrogen-bond donors (Lipinski definition) is 1. The molecule has 7 nitrogen and oxygen atoms in total. The zero-order chi connectivity index (χ0) is 23.6. The highest BCUT2D eigenvalue weighted by atomic mass is 35.5. The summed E-state index contributed by atoms with van der Waals surface area (Å²) in [6, 6.07) is 17.1. The van der Waals surface area contributed by atoms with Gasteiger partial charge in [-0.25, -0.2) is 4.68 Å². The fraction of sp³-hybridized carbons (Fsp3) is 0.400. The number of para-hydroxylation sites is 1. The Morgan fingerprint density at radius 1 is 1.12 bits per heavy atom. The maximum atomic E-state index is 10.4. The average Bonchev–Trinajstić information content (AvgIpc) is 3.13. The standard InChI is InChI=1S/C25H32ClN3O4/c1-4-32-18-22(30)16-28(14-15-31-3)17-24-19(2)27-29(21-8-6-5-7-9-21)25(24)33-23-12-10-20(26)11-13-23/h5-13,22,30H,4,14-18H2,1-3H3. The van der Waals surface area contributed by atoms with Crippen LogP contribution in [0.2, 0.25) is 5.02 Å². The molecule has 178 valence electrons. The summed E-state index contributed by atoms with van der Waals surface area (Å²) < 4.78 is 18.8. The van der Waals surface area contributed by atoms with Gasteiger partial charge in [-0.05, 0) is 50.2 Å². The topological polar surface area (TPSA) is 69.0 Å². The minimum atomic E-state index is -0.605. The van der Waals surface area contributed by atoms with E-state index in [1.54, 1.807) is 19.2 Å². The Balaban J connectivity index is 1.94. The number of nitrogens with zero attached hydrogens (tertiary/aromatic N) is 3. The van der Waals surface area contributed by atoms with Crippen LogP contribution < -0.4 is 4.74 Å². The number of aliphatic hydroxyl groups is 1. The lowest BCUT2D eigenvalue weighted by Crippen LogP contribution is -2.36. The first-order valence-corrected chi connectivity index (χ1v) is 11.4. The Morgan fingerprint density at radius 3 is 2.52 bits per heavy atom. The van der Waals surface area contributed by atoms with Gasteiger partial charge in [0.2, 0.25) is 5.88 Å². The van der Waals surface area contributed by atoms with Crippen LogP contribution in [-0.4, -0.2) is 65.9 Å². The van der Waals surface area contributed by atoms with Crippen molar-refractivity contribution < 1.29 is 19.3 Å². The quantitative estimate of drug-likeness (QED) is 0.395. The molecule has 0 saturated heterocycles. The Labute approximate surface area is 200 Å². The Kier molecular flexibility index (Phi) is 9.72. The van der Waals surface area contributed by atoms with Crippen LogP contribution in [0.3, 0.4) is 0 Å². The highest BCUT2D eigenvalue weighted by Gasteiger charge is 2.22. The lowest BCUT2D eigenvalue weighted by atomic mass is 10.2. The number of benzene rings is 2. The van der Waals surface area contributed by atoms with Crippen LogP contribution in [0.5, 0.6) is 11.6 Å². The molecule has 0 fully saturated rings. The molecule has 1 aromatic heterocycles. The van der Waals surface area contributed by atoms with Crippen molar-refractivity contribution in [2.24, 2.45) is 0 Å². The van der Waals surface area contributed by atoms with Crippen molar-refractivity contribution >= 4 is 11.6 Å². The number of aliphatic hydroxyl groups excluding tert-OH is 1. The normalized spacial score (nSPS) is 12.3. The Hall–Kier alpha value is -2.42. The minimum Gasteiger partial charge on any atom is -0.439 e. The number of methoxy groups -OCH3 is 1. The highest BCUT2D eigenvalue weighted by Crippen LogP contribution is 2.32. The molecule has 2 aromatic carbocycles.